The van der Waals surface area contributed by atoms with Crippen LogP contribution in [0.25, 0.3) is 0 Å². The van der Waals surface area contributed by atoms with E-state index < -0.39 is 17.5 Å². The molecule has 0 radical (unpaired) electrons. The second-order valence-electron chi connectivity index (χ2n) is 5.51. The Morgan fingerprint density at radius 2 is 2.42 bits per heavy atom. The summed E-state index contributed by atoms with van der Waals surface area (Å²) in [6, 6.07) is 2.13. The van der Waals surface area contributed by atoms with Gasteiger partial charge in [0.15, 0.2) is 5.41 Å². The Morgan fingerprint density at radius 3 is 3.11 bits per heavy atom. The molecule has 1 aliphatic heterocycles. The molecule has 19 heavy (non-hydrogen) atoms. The number of nitrogens with zero attached hydrogens (tertiary/aromatic N) is 1. The van der Waals surface area contributed by atoms with Crippen LogP contribution in [0.2, 0.25) is 0 Å². The zero-order chi connectivity index (χ0) is 13.6. The number of carbonyl (C=O) groups excluding carboxylic acids is 2. The highest BCUT2D eigenvalue weighted by atomic mass is 35.5. The van der Waals surface area contributed by atoms with Gasteiger partial charge in [0.05, 0.1) is 6.07 Å². The summed E-state index contributed by atoms with van der Waals surface area (Å²) in [6.07, 6.45) is 1.25. The monoisotopic (exact) mass is 283 g/mol. The first-order valence-electron chi connectivity index (χ1n) is 6.50. The molecule has 5 unspecified atom stereocenters. The molecule has 0 aromatic carbocycles. The van der Waals surface area contributed by atoms with Crippen molar-refractivity contribution in [2.45, 2.75) is 37.9 Å². The largest absolute Gasteiger partial charge is 0.458 e. The lowest BCUT2D eigenvalue weighted by atomic mass is 9.75. The third kappa shape index (κ3) is 1.66. The lowest BCUT2D eigenvalue weighted by molar-refractivity contribution is -0.161. The van der Waals surface area contributed by atoms with E-state index in [1.54, 1.807) is 0 Å². The molecule has 5 atom stereocenters. The lowest BCUT2D eigenvalue weighted by Gasteiger charge is -2.27. The summed E-state index contributed by atoms with van der Waals surface area (Å²) >= 11 is 5.53. The van der Waals surface area contributed by atoms with Crippen LogP contribution in [0.3, 0.4) is 0 Å². The average Bonchev–Trinajstić information content (AvgIpc) is 2.98. The van der Waals surface area contributed by atoms with Gasteiger partial charge in [-0.15, -0.1) is 11.6 Å². The number of ether oxygens (including phenoxy) is 2. The number of carbonyl (C=O) groups is 2. The van der Waals surface area contributed by atoms with Gasteiger partial charge in [0.2, 0.25) is 0 Å². The van der Waals surface area contributed by atoms with E-state index >= 15 is 0 Å². The first kappa shape index (κ1) is 12.7. The number of alkyl halides is 1. The van der Waals surface area contributed by atoms with Crippen LogP contribution >= 0.6 is 11.6 Å². The Balaban J connectivity index is 1.71. The van der Waals surface area contributed by atoms with Crippen molar-refractivity contribution in [1.82, 2.24) is 0 Å². The molecule has 0 aromatic heterocycles. The maximum Gasteiger partial charge on any atom is 0.327 e. The quantitative estimate of drug-likeness (QED) is 0.576. The SMILES string of the molecule is N#CC12CC3CC1C(OC2=O)C3OC(=O)CCCCl. The van der Waals surface area contributed by atoms with Gasteiger partial charge in [-0.1, -0.05) is 0 Å². The molecule has 3 aliphatic rings. The zero-order valence-electron chi connectivity index (χ0n) is 10.3. The van der Waals surface area contributed by atoms with E-state index in [9.17, 15) is 14.9 Å². The van der Waals surface area contributed by atoms with Crippen LogP contribution < -0.4 is 0 Å². The predicted molar refractivity (Wildman–Crippen MR) is 64.0 cm³/mol. The molecule has 5 nitrogen and oxygen atoms in total. The summed E-state index contributed by atoms with van der Waals surface area (Å²) in [5.74, 6) is -0.362. The van der Waals surface area contributed by atoms with E-state index in [1.807, 2.05) is 0 Å². The van der Waals surface area contributed by atoms with E-state index in [2.05, 4.69) is 6.07 Å². The predicted octanol–water partition coefficient (Wildman–Crippen LogP) is 1.39. The molecule has 102 valence electrons. The normalized spacial score (nSPS) is 42.0. The third-order valence-electron chi connectivity index (χ3n) is 4.55. The Bertz CT molecular complexity index is 474. The van der Waals surface area contributed by atoms with Crippen LogP contribution in [0.4, 0.5) is 0 Å². The van der Waals surface area contributed by atoms with E-state index in [-0.39, 0.29) is 30.3 Å². The van der Waals surface area contributed by atoms with Gasteiger partial charge in [0.1, 0.15) is 12.2 Å². The average molecular weight is 284 g/mol. The van der Waals surface area contributed by atoms with Crippen LogP contribution in [0.15, 0.2) is 0 Å². The first-order valence-corrected chi connectivity index (χ1v) is 7.03. The lowest BCUT2D eigenvalue weighted by Crippen LogP contribution is -2.39. The van der Waals surface area contributed by atoms with Crippen molar-refractivity contribution in [3.05, 3.63) is 0 Å². The second-order valence-corrected chi connectivity index (χ2v) is 5.88. The van der Waals surface area contributed by atoms with E-state index in [4.69, 9.17) is 21.1 Å². The van der Waals surface area contributed by atoms with E-state index in [0.29, 0.717) is 18.7 Å². The van der Waals surface area contributed by atoms with Crippen LogP contribution in [-0.4, -0.2) is 30.0 Å². The Kier molecular flexibility index (Phi) is 2.94. The molecule has 0 aromatic rings. The Hall–Kier alpha value is -1.28. The summed E-state index contributed by atoms with van der Waals surface area (Å²) in [7, 11) is 0. The smallest absolute Gasteiger partial charge is 0.327 e. The summed E-state index contributed by atoms with van der Waals surface area (Å²) in [5, 5.41) is 9.25. The van der Waals surface area contributed by atoms with Gasteiger partial charge in [-0.25, -0.2) is 0 Å². The minimum atomic E-state index is -0.978. The summed E-state index contributed by atoms with van der Waals surface area (Å²) in [5.41, 5.74) is -0.978. The van der Waals surface area contributed by atoms with Crippen molar-refractivity contribution in [3.63, 3.8) is 0 Å². The number of halogens is 1. The van der Waals surface area contributed by atoms with Crippen molar-refractivity contribution in [1.29, 1.82) is 5.26 Å². The molecule has 1 heterocycles. The van der Waals surface area contributed by atoms with Gasteiger partial charge < -0.3 is 9.47 Å². The maximum atomic E-state index is 11.8. The first-order chi connectivity index (χ1) is 9.12. The van der Waals surface area contributed by atoms with Crippen molar-refractivity contribution in [3.8, 4) is 6.07 Å². The standard InChI is InChI=1S/C13H14ClNO4/c14-3-1-2-9(16)18-10-7-4-8-11(10)19-12(17)13(8,5-7)6-15/h7-8,10-11H,1-5H2. The highest BCUT2D eigenvalue weighted by Crippen LogP contribution is 2.62. The summed E-state index contributed by atoms with van der Waals surface area (Å²) in [6.45, 7) is 0. The van der Waals surface area contributed by atoms with Gasteiger partial charge in [-0.2, -0.15) is 5.26 Å². The van der Waals surface area contributed by atoms with Gasteiger partial charge in [-0.05, 0) is 19.3 Å². The van der Waals surface area contributed by atoms with Crippen molar-refractivity contribution < 1.29 is 19.1 Å². The van der Waals surface area contributed by atoms with Crippen molar-refractivity contribution in [2.24, 2.45) is 17.3 Å². The number of fused-ring (bicyclic) bond motifs is 1. The molecule has 1 saturated heterocycles. The number of nitriles is 1. The fourth-order valence-corrected chi connectivity index (χ4v) is 3.84. The number of hydrogen-bond acceptors (Lipinski definition) is 5. The molecule has 2 aliphatic carbocycles. The van der Waals surface area contributed by atoms with Crippen LogP contribution in [0.1, 0.15) is 25.7 Å². The zero-order valence-corrected chi connectivity index (χ0v) is 11.1. The fourth-order valence-electron chi connectivity index (χ4n) is 3.71. The van der Waals surface area contributed by atoms with Crippen LogP contribution in [-0.2, 0) is 19.1 Å². The molecule has 6 heteroatoms. The second kappa shape index (κ2) is 4.38. The Labute approximate surface area is 115 Å². The molecule has 3 rings (SSSR count). The minimum Gasteiger partial charge on any atom is -0.458 e. The number of esters is 2. The van der Waals surface area contributed by atoms with Crippen molar-refractivity contribution >= 4 is 23.5 Å². The van der Waals surface area contributed by atoms with E-state index in [1.165, 1.54) is 0 Å². The summed E-state index contributed by atoms with van der Waals surface area (Å²) in [4.78, 5) is 23.5. The highest BCUT2D eigenvalue weighted by Gasteiger charge is 2.72. The molecule has 2 bridgehead atoms. The topological polar surface area (TPSA) is 76.4 Å². The molecule has 3 fully saturated rings. The summed E-state index contributed by atoms with van der Waals surface area (Å²) < 4.78 is 10.7. The number of hydrogen-bond donors (Lipinski definition) is 0. The van der Waals surface area contributed by atoms with Crippen LogP contribution in [0.5, 0.6) is 0 Å². The molecule has 0 amide bonds. The minimum absolute atomic E-state index is 0.0704. The van der Waals surface area contributed by atoms with Crippen LogP contribution in [0, 0.1) is 28.6 Å². The third-order valence-corrected chi connectivity index (χ3v) is 4.82. The van der Waals surface area contributed by atoms with E-state index in [0.717, 1.165) is 6.42 Å². The van der Waals surface area contributed by atoms with Gasteiger partial charge >= 0.3 is 11.9 Å². The van der Waals surface area contributed by atoms with Gasteiger partial charge in [-0.3, -0.25) is 9.59 Å². The van der Waals surface area contributed by atoms with Gasteiger partial charge in [0.25, 0.3) is 0 Å². The molecular formula is C13H14ClNO4. The van der Waals surface area contributed by atoms with Crippen molar-refractivity contribution in [2.75, 3.05) is 5.88 Å². The molecule has 2 saturated carbocycles. The fraction of sp³-hybridized carbons (Fsp3) is 0.769. The highest BCUT2D eigenvalue weighted by molar-refractivity contribution is 6.17. The maximum absolute atomic E-state index is 11.8. The molecule has 0 spiro atoms. The Morgan fingerprint density at radius 1 is 1.63 bits per heavy atom. The number of rotatable bonds is 4. The molecular weight excluding hydrogens is 270 g/mol. The molecule has 0 N–H and O–H groups in total. The van der Waals surface area contributed by atoms with Gasteiger partial charge in [0, 0.05) is 24.1 Å².